The second kappa shape index (κ2) is 7.91. The van der Waals surface area contributed by atoms with Crippen LogP contribution in [0.5, 0.6) is 17.2 Å². The number of benzene rings is 2. The number of phenols is 1. The number of nitrogens with zero attached hydrogens (tertiary/aromatic N) is 1. The predicted octanol–water partition coefficient (Wildman–Crippen LogP) is 2.90. The van der Waals surface area contributed by atoms with Crippen molar-refractivity contribution >= 4 is 21.4 Å². The second-order valence-electron chi connectivity index (χ2n) is 5.04. The summed E-state index contributed by atoms with van der Waals surface area (Å²) in [6.07, 6.45) is 0. The van der Waals surface area contributed by atoms with Crippen LogP contribution >= 0.6 is 0 Å². The monoisotopic (exact) mass is 382 g/mol. The fourth-order valence-corrected chi connectivity index (χ4v) is 3.23. The first-order valence-corrected chi connectivity index (χ1v) is 9.16. The highest BCUT2D eigenvalue weighted by Gasteiger charge is 2.22. The molecular weight excluding hydrogens is 364 g/mol. The standard InChI is InChI=1S/C16H18N2O7S/c1-3-24-11-5-8-16(25-4-2)13(9-11)17-26(22,23)12-6-7-15(19)14(10-12)18(20)21/h5-10,17,19H,3-4H2,1-2H3. The Hall–Kier alpha value is -3.01. The second-order valence-corrected chi connectivity index (χ2v) is 6.72. The largest absolute Gasteiger partial charge is 0.502 e. The van der Waals surface area contributed by atoms with Crippen LogP contribution in [0.1, 0.15) is 13.8 Å². The van der Waals surface area contributed by atoms with Crippen molar-refractivity contribution in [3.63, 3.8) is 0 Å². The zero-order chi connectivity index (χ0) is 19.3. The van der Waals surface area contributed by atoms with Gasteiger partial charge in [-0.15, -0.1) is 0 Å². The van der Waals surface area contributed by atoms with Gasteiger partial charge in [-0.3, -0.25) is 14.8 Å². The summed E-state index contributed by atoms with van der Waals surface area (Å²) in [6, 6.07) is 7.46. The van der Waals surface area contributed by atoms with E-state index in [0.717, 1.165) is 18.2 Å². The Morgan fingerprint density at radius 2 is 1.81 bits per heavy atom. The molecule has 0 aliphatic rings. The lowest BCUT2D eigenvalue weighted by molar-refractivity contribution is -0.386. The van der Waals surface area contributed by atoms with Gasteiger partial charge < -0.3 is 14.6 Å². The van der Waals surface area contributed by atoms with Crippen molar-refractivity contribution in [2.24, 2.45) is 0 Å². The molecule has 0 aromatic heterocycles. The molecule has 10 heteroatoms. The molecule has 0 atom stereocenters. The Morgan fingerprint density at radius 3 is 2.42 bits per heavy atom. The van der Waals surface area contributed by atoms with Crippen molar-refractivity contribution in [1.29, 1.82) is 0 Å². The molecule has 2 aromatic carbocycles. The van der Waals surface area contributed by atoms with E-state index in [9.17, 15) is 23.6 Å². The van der Waals surface area contributed by atoms with Gasteiger partial charge >= 0.3 is 5.69 Å². The van der Waals surface area contributed by atoms with E-state index in [-0.39, 0.29) is 16.3 Å². The average Bonchev–Trinajstić information content (AvgIpc) is 2.57. The maximum absolute atomic E-state index is 12.6. The van der Waals surface area contributed by atoms with Crippen molar-refractivity contribution in [3.8, 4) is 17.2 Å². The molecule has 2 N–H and O–H groups in total. The normalized spacial score (nSPS) is 11.0. The topological polar surface area (TPSA) is 128 Å². The number of hydrogen-bond donors (Lipinski definition) is 2. The third-order valence-corrected chi connectivity index (χ3v) is 4.62. The summed E-state index contributed by atoms with van der Waals surface area (Å²) < 4.78 is 38.3. The molecule has 2 aromatic rings. The molecule has 0 saturated carbocycles. The van der Waals surface area contributed by atoms with Gasteiger partial charge in [0.2, 0.25) is 0 Å². The van der Waals surface area contributed by atoms with Gasteiger partial charge in [0.15, 0.2) is 5.75 Å². The summed E-state index contributed by atoms with van der Waals surface area (Å²) in [5, 5.41) is 20.4. The summed E-state index contributed by atoms with van der Waals surface area (Å²) in [4.78, 5) is 9.67. The van der Waals surface area contributed by atoms with E-state index in [0.29, 0.717) is 19.0 Å². The van der Waals surface area contributed by atoms with Crippen LogP contribution in [0.25, 0.3) is 0 Å². The highest BCUT2D eigenvalue weighted by Crippen LogP contribution is 2.33. The lowest BCUT2D eigenvalue weighted by atomic mass is 10.3. The summed E-state index contributed by atoms with van der Waals surface area (Å²) >= 11 is 0. The molecule has 0 unspecified atom stereocenters. The quantitative estimate of drug-likeness (QED) is 0.530. The Labute approximate surface area is 150 Å². The highest BCUT2D eigenvalue weighted by molar-refractivity contribution is 7.92. The number of hydrogen-bond acceptors (Lipinski definition) is 7. The number of nitrogens with one attached hydrogen (secondary N) is 1. The number of rotatable bonds is 8. The molecular formula is C16H18N2O7S. The summed E-state index contributed by atoms with van der Waals surface area (Å²) in [5.74, 6) is 0.0976. The molecule has 0 amide bonds. The van der Waals surface area contributed by atoms with Gasteiger partial charge in [-0.2, -0.15) is 0 Å². The van der Waals surface area contributed by atoms with Crippen LogP contribution in [-0.4, -0.2) is 31.7 Å². The fourth-order valence-electron chi connectivity index (χ4n) is 2.15. The minimum absolute atomic E-state index is 0.133. The fraction of sp³-hybridized carbons (Fsp3) is 0.250. The van der Waals surface area contributed by atoms with E-state index in [1.54, 1.807) is 26.0 Å². The smallest absolute Gasteiger partial charge is 0.312 e. The molecule has 0 spiro atoms. The number of phenolic OH excluding ortho intramolecular Hbond substituents is 1. The number of anilines is 1. The van der Waals surface area contributed by atoms with Gasteiger partial charge in [0.25, 0.3) is 10.0 Å². The Bertz CT molecular complexity index is 913. The minimum Gasteiger partial charge on any atom is -0.502 e. The average molecular weight is 382 g/mol. The van der Waals surface area contributed by atoms with Gasteiger partial charge in [-0.05, 0) is 38.1 Å². The molecule has 0 fully saturated rings. The van der Waals surface area contributed by atoms with Gasteiger partial charge in [-0.1, -0.05) is 0 Å². The van der Waals surface area contributed by atoms with E-state index in [1.165, 1.54) is 6.07 Å². The lowest BCUT2D eigenvalue weighted by Gasteiger charge is -2.14. The maximum atomic E-state index is 12.6. The van der Waals surface area contributed by atoms with Crippen LogP contribution in [0.2, 0.25) is 0 Å². The molecule has 0 bridgehead atoms. The molecule has 140 valence electrons. The summed E-state index contributed by atoms with van der Waals surface area (Å²) in [7, 11) is -4.16. The van der Waals surface area contributed by atoms with Crippen molar-refractivity contribution in [2.75, 3.05) is 17.9 Å². The van der Waals surface area contributed by atoms with Crippen molar-refractivity contribution in [2.45, 2.75) is 18.7 Å². The Balaban J connectivity index is 2.44. The number of ether oxygens (including phenoxy) is 2. The van der Waals surface area contributed by atoms with Gasteiger partial charge in [-0.25, -0.2) is 8.42 Å². The molecule has 0 aliphatic carbocycles. The molecule has 0 heterocycles. The van der Waals surface area contributed by atoms with E-state index >= 15 is 0 Å². The molecule has 0 saturated heterocycles. The first-order chi connectivity index (χ1) is 12.3. The third kappa shape index (κ3) is 4.33. The van der Waals surface area contributed by atoms with Crippen LogP contribution in [0.4, 0.5) is 11.4 Å². The summed E-state index contributed by atoms with van der Waals surface area (Å²) in [5.41, 5.74) is -0.575. The zero-order valence-corrected chi connectivity index (χ0v) is 14.9. The zero-order valence-electron chi connectivity index (χ0n) is 14.1. The van der Waals surface area contributed by atoms with E-state index in [4.69, 9.17) is 9.47 Å². The number of nitro benzene ring substituents is 1. The van der Waals surface area contributed by atoms with Crippen LogP contribution in [-0.2, 0) is 10.0 Å². The van der Waals surface area contributed by atoms with Gasteiger partial charge in [0.1, 0.15) is 11.5 Å². The van der Waals surface area contributed by atoms with Crippen LogP contribution in [0.15, 0.2) is 41.3 Å². The van der Waals surface area contributed by atoms with Crippen molar-refractivity contribution < 1.29 is 27.9 Å². The number of sulfonamides is 1. The van der Waals surface area contributed by atoms with Crippen molar-refractivity contribution in [3.05, 3.63) is 46.5 Å². The molecule has 26 heavy (non-hydrogen) atoms. The van der Waals surface area contributed by atoms with Gasteiger partial charge in [0, 0.05) is 12.1 Å². The maximum Gasteiger partial charge on any atom is 0.312 e. The van der Waals surface area contributed by atoms with E-state index < -0.39 is 26.4 Å². The van der Waals surface area contributed by atoms with Gasteiger partial charge in [0.05, 0.1) is 28.7 Å². The minimum atomic E-state index is -4.16. The number of aromatic hydroxyl groups is 1. The Kier molecular flexibility index (Phi) is 5.88. The molecule has 2 rings (SSSR count). The molecule has 0 radical (unpaired) electrons. The SMILES string of the molecule is CCOc1ccc(OCC)c(NS(=O)(=O)c2ccc(O)c([N+](=O)[O-])c2)c1. The lowest BCUT2D eigenvalue weighted by Crippen LogP contribution is -2.14. The Morgan fingerprint density at radius 1 is 1.12 bits per heavy atom. The van der Waals surface area contributed by atoms with Crippen LogP contribution in [0.3, 0.4) is 0 Å². The first kappa shape index (κ1) is 19.3. The van der Waals surface area contributed by atoms with Crippen LogP contribution < -0.4 is 14.2 Å². The van der Waals surface area contributed by atoms with E-state index in [1.807, 2.05) is 0 Å². The van der Waals surface area contributed by atoms with E-state index in [2.05, 4.69) is 4.72 Å². The first-order valence-electron chi connectivity index (χ1n) is 7.68. The van der Waals surface area contributed by atoms with Crippen LogP contribution in [0, 0.1) is 10.1 Å². The predicted molar refractivity (Wildman–Crippen MR) is 94.3 cm³/mol. The van der Waals surface area contributed by atoms with Crippen molar-refractivity contribution in [1.82, 2.24) is 0 Å². The summed E-state index contributed by atoms with van der Waals surface area (Å²) in [6.45, 7) is 4.24. The molecule has 0 aliphatic heterocycles. The highest BCUT2D eigenvalue weighted by atomic mass is 32.2. The number of nitro groups is 1. The third-order valence-electron chi connectivity index (χ3n) is 3.26. The molecule has 9 nitrogen and oxygen atoms in total.